The van der Waals surface area contributed by atoms with E-state index in [0.29, 0.717) is 37.9 Å². The van der Waals surface area contributed by atoms with E-state index in [1.807, 2.05) is 49.1 Å². The zero-order valence-corrected chi connectivity index (χ0v) is 18.7. The van der Waals surface area contributed by atoms with Crippen LogP contribution in [0.15, 0.2) is 42.5 Å². The van der Waals surface area contributed by atoms with Crippen LogP contribution >= 0.6 is 0 Å². The van der Waals surface area contributed by atoms with Gasteiger partial charge in [0.05, 0.1) is 31.9 Å². The molecule has 2 aliphatic rings. The van der Waals surface area contributed by atoms with E-state index < -0.39 is 6.04 Å². The number of rotatable bonds is 9. The molecule has 4 rings (SSSR count). The van der Waals surface area contributed by atoms with Crippen LogP contribution < -0.4 is 20.3 Å². The van der Waals surface area contributed by atoms with Gasteiger partial charge in [-0.3, -0.25) is 4.79 Å². The Morgan fingerprint density at radius 3 is 2.44 bits per heavy atom. The molecule has 32 heavy (non-hydrogen) atoms. The van der Waals surface area contributed by atoms with E-state index in [9.17, 15) is 9.90 Å². The van der Waals surface area contributed by atoms with Crippen molar-refractivity contribution >= 4 is 5.91 Å². The van der Waals surface area contributed by atoms with Crippen LogP contribution in [-0.2, 0) is 9.53 Å². The number of ether oxygens (including phenoxy) is 3. The Balaban J connectivity index is 1.77. The standard InChI is InChI=1S/C24H31N3O5/c1-4-31-18-11-10-15(14-19(18)32-5-2)23-20-21(16-8-6-7-9-17(16)28)25-26-22(20)24(29)27(23)12-13-30-3/h6-11,14,20-23,25-26,28H,4-5,12-13H2,1-3H3. The molecular formula is C24H31N3O5. The maximum Gasteiger partial charge on any atom is 0.242 e. The Morgan fingerprint density at radius 2 is 1.72 bits per heavy atom. The molecule has 8 nitrogen and oxygen atoms in total. The number of carbonyl (C=O) groups is 1. The highest BCUT2D eigenvalue weighted by atomic mass is 16.5. The highest BCUT2D eigenvalue weighted by Crippen LogP contribution is 2.49. The third-order valence-corrected chi connectivity index (χ3v) is 6.13. The quantitative estimate of drug-likeness (QED) is 0.551. The average molecular weight is 442 g/mol. The van der Waals surface area contributed by atoms with Crippen LogP contribution in [-0.4, -0.2) is 55.4 Å². The SMILES string of the molecule is CCOc1ccc(C2C3C(NNC3c3ccccc3O)C(=O)N2CCOC)cc1OCC. The van der Waals surface area contributed by atoms with Gasteiger partial charge < -0.3 is 24.2 Å². The molecule has 0 bridgehead atoms. The number of methoxy groups -OCH3 is 1. The minimum atomic E-state index is -0.413. The Bertz CT molecular complexity index is 953. The first-order chi connectivity index (χ1) is 15.6. The smallest absolute Gasteiger partial charge is 0.242 e. The molecule has 0 saturated carbocycles. The molecule has 4 atom stereocenters. The van der Waals surface area contributed by atoms with Crippen molar-refractivity contribution in [3.8, 4) is 17.2 Å². The van der Waals surface area contributed by atoms with Gasteiger partial charge in [0.25, 0.3) is 0 Å². The van der Waals surface area contributed by atoms with Gasteiger partial charge in [0.15, 0.2) is 11.5 Å². The summed E-state index contributed by atoms with van der Waals surface area (Å²) in [5.41, 5.74) is 8.14. The van der Waals surface area contributed by atoms with Gasteiger partial charge in [0, 0.05) is 25.1 Å². The topological polar surface area (TPSA) is 92.3 Å². The molecule has 2 fully saturated rings. The van der Waals surface area contributed by atoms with Crippen LogP contribution in [0.4, 0.5) is 0 Å². The molecule has 2 aromatic rings. The minimum absolute atomic E-state index is 0.00863. The molecule has 3 N–H and O–H groups in total. The van der Waals surface area contributed by atoms with Gasteiger partial charge in [-0.1, -0.05) is 24.3 Å². The first-order valence-electron chi connectivity index (χ1n) is 11.1. The van der Waals surface area contributed by atoms with Crippen molar-refractivity contribution in [1.29, 1.82) is 0 Å². The average Bonchev–Trinajstić information content (AvgIpc) is 3.33. The summed E-state index contributed by atoms with van der Waals surface area (Å²) >= 11 is 0. The summed E-state index contributed by atoms with van der Waals surface area (Å²) in [4.78, 5) is 15.2. The van der Waals surface area contributed by atoms with Crippen molar-refractivity contribution in [1.82, 2.24) is 15.8 Å². The van der Waals surface area contributed by atoms with Crippen LogP contribution in [0.3, 0.4) is 0 Å². The van der Waals surface area contributed by atoms with E-state index in [1.165, 1.54) is 0 Å². The molecule has 172 valence electrons. The second kappa shape index (κ2) is 9.77. The van der Waals surface area contributed by atoms with Crippen molar-refractivity contribution in [2.75, 3.05) is 33.5 Å². The summed E-state index contributed by atoms with van der Waals surface area (Å²) in [7, 11) is 1.63. The number of aromatic hydroxyl groups is 1. The Morgan fingerprint density at radius 1 is 1.00 bits per heavy atom. The van der Waals surface area contributed by atoms with Crippen molar-refractivity contribution in [2.45, 2.75) is 32.0 Å². The number of nitrogens with one attached hydrogen (secondary N) is 2. The lowest BCUT2D eigenvalue weighted by Crippen LogP contribution is -2.42. The van der Waals surface area contributed by atoms with E-state index in [1.54, 1.807) is 19.2 Å². The van der Waals surface area contributed by atoms with Crippen LogP contribution in [0.2, 0.25) is 0 Å². The summed E-state index contributed by atoms with van der Waals surface area (Å²) < 4.78 is 16.9. The van der Waals surface area contributed by atoms with Gasteiger partial charge in [0.1, 0.15) is 11.8 Å². The fourth-order valence-electron chi connectivity index (χ4n) is 4.81. The molecule has 0 aromatic heterocycles. The number of para-hydroxylation sites is 1. The number of carbonyl (C=O) groups excluding carboxylic acids is 1. The van der Waals surface area contributed by atoms with Gasteiger partial charge in [-0.2, -0.15) is 0 Å². The van der Waals surface area contributed by atoms with Gasteiger partial charge in [-0.25, -0.2) is 10.9 Å². The first-order valence-corrected chi connectivity index (χ1v) is 11.1. The van der Waals surface area contributed by atoms with Crippen LogP contribution in [0.25, 0.3) is 0 Å². The minimum Gasteiger partial charge on any atom is -0.508 e. The molecule has 1 amide bonds. The van der Waals surface area contributed by atoms with Gasteiger partial charge in [-0.15, -0.1) is 0 Å². The number of benzene rings is 2. The number of phenols is 1. The number of hydrazine groups is 1. The van der Waals surface area contributed by atoms with E-state index in [4.69, 9.17) is 14.2 Å². The number of hydrogen-bond acceptors (Lipinski definition) is 7. The van der Waals surface area contributed by atoms with E-state index in [-0.39, 0.29) is 29.7 Å². The fourth-order valence-corrected chi connectivity index (χ4v) is 4.81. The summed E-state index contributed by atoms with van der Waals surface area (Å²) in [5.74, 6) is 1.42. The lowest BCUT2D eigenvalue weighted by molar-refractivity contribution is -0.131. The summed E-state index contributed by atoms with van der Waals surface area (Å²) in [5, 5.41) is 10.5. The molecule has 8 heteroatoms. The van der Waals surface area contributed by atoms with Gasteiger partial charge >= 0.3 is 0 Å². The molecule has 2 heterocycles. The molecular weight excluding hydrogens is 410 g/mol. The molecule has 2 saturated heterocycles. The summed E-state index contributed by atoms with van der Waals surface area (Å²) in [6.45, 7) is 5.82. The van der Waals surface area contributed by atoms with Crippen LogP contribution in [0, 0.1) is 5.92 Å². The van der Waals surface area contributed by atoms with Gasteiger partial charge in [-0.05, 0) is 37.6 Å². The van der Waals surface area contributed by atoms with Crippen molar-refractivity contribution in [3.05, 3.63) is 53.6 Å². The van der Waals surface area contributed by atoms with Crippen molar-refractivity contribution in [3.63, 3.8) is 0 Å². The van der Waals surface area contributed by atoms with E-state index in [2.05, 4.69) is 10.9 Å². The number of amides is 1. The number of fused-ring (bicyclic) bond motifs is 1. The van der Waals surface area contributed by atoms with Crippen LogP contribution in [0.1, 0.15) is 37.1 Å². The predicted octanol–water partition coefficient (Wildman–Crippen LogP) is 2.55. The third-order valence-electron chi connectivity index (χ3n) is 6.13. The third kappa shape index (κ3) is 4.01. The summed E-state index contributed by atoms with van der Waals surface area (Å²) in [6.07, 6.45) is 0. The fraction of sp³-hybridized carbons (Fsp3) is 0.458. The molecule has 4 unspecified atom stereocenters. The lowest BCUT2D eigenvalue weighted by Gasteiger charge is -2.31. The number of likely N-dealkylation sites (tertiary alicyclic amines) is 1. The zero-order chi connectivity index (χ0) is 22.7. The molecule has 2 aromatic carbocycles. The Kier molecular flexibility index (Phi) is 6.83. The Hall–Kier alpha value is -2.81. The molecule has 0 aliphatic carbocycles. The highest BCUT2D eigenvalue weighted by Gasteiger charge is 2.55. The molecule has 2 aliphatic heterocycles. The highest BCUT2D eigenvalue weighted by molar-refractivity contribution is 5.86. The van der Waals surface area contributed by atoms with E-state index in [0.717, 1.165) is 11.1 Å². The van der Waals surface area contributed by atoms with Gasteiger partial charge in [0.2, 0.25) is 5.91 Å². The molecule has 0 radical (unpaired) electrons. The monoisotopic (exact) mass is 441 g/mol. The van der Waals surface area contributed by atoms with Crippen molar-refractivity contribution < 1.29 is 24.1 Å². The lowest BCUT2D eigenvalue weighted by atomic mass is 9.83. The Labute approximate surface area is 188 Å². The number of hydrogen-bond donors (Lipinski definition) is 3. The second-order valence-corrected chi connectivity index (χ2v) is 7.92. The van der Waals surface area contributed by atoms with Crippen molar-refractivity contribution in [2.24, 2.45) is 5.92 Å². The molecule has 0 spiro atoms. The maximum absolute atomic E-state index is 13.4. The predicted molar refractivity (Wildman–Crippen MR) is 120 cm³/mol. The second-order valence-electron chi connectivity index (χ2n) is 7.92. The summed E-state index contributed by atoms with van der Waals surface area (Å²) in [6, 6.07) is 12.2. The zero-order valence-electron chi connectivity index (χ0n) is 18.7. The first kappa shape index (κ1) is 22.4. The number of phenolic OH excluding ortho intramolecular Hbond substituents is 1. The van der Waals surface area contributed by atoms with Crippen LogP contribution in [0.5, 0.6) is 17.2 Å². The maximum atomic E-state index is 13.4. The number of nitrogens with zero attached hydrogens (tertiary/aromatic N) is 1. The largest absolute Gasteiger partial charge is 0.508 e. The van der Waals surface area contributed by atoms with E-state index >= 15 is 0 Å². The normalized spacial score (nSPS) is 24.6.